The monoisotopic (exact) mass is 971 g/mol. The van der Waals surface area contributed by atoms with E-state index in [1.165, 1.54) is 30.3 Å². The summed E-state index contributed by atoms with van der Waals surface area (Å²) < 4.78 is 51.3. The molecule has 1 aromatic heterocycles. The third kappa shape index (κ3) is 11.9. The third-order valence-corrected chi connectivity index (χ3v) is 13.1. The molecule has 3 aliphatic heterocycles. The number of rotatable bonds is 18. The van der Waals surface area contributed by atoms with Crippen LogP contribution in [0.2, 0.25) is 0 Å². The summed E-state index contributed by atoms with van der Waals surface area (Å²) in [6, 6.07) is 22.5. The number of guanidine groups is 1. The molecule has 3 aliphatic rings. The van der Waals surface area contributed by atoms with Crippen molar-refractivity contribution in [3.8, 4) is 17.6 Å². The summed E-state index contributed by atoms with van der Waals surface area (Å²) in [6.07, 6.45) is -5.41. The molecule has 366 valence electrons. The van der Waals surface area contributed by atoms with Crippen LogP contribution in [-0.4, -0.2) is 87.6 Å². The Kier molecular flexibility index (Phi) is 16.3. The number of hydrogen-bond acceptors (Lipinski definition) is 18. The van der Waals surface area contributed by atoms with Crippen LogP contribution in [0, 0.1) is 27.4 Å². The van der Waals surface area contributed by atoms with E-state index in [2.05, 4.69) is 26.7 Å². The molecule has 0 radical (unpaired) electrons. The molecule has 1 saturated heterocycles. The zero-order valence-electron chi connectivity index (χ0n) is 39.0. The maximum absolute atomic E-state index is 14.2. The highest BCUT2D eigenvalue weighted by molar-refractivity contribution is 7.44. The minimum absolute atomic E-state index is 0.0177. The molecule has 6 atom stereocenters. The Hall–Kier alpha value is -6.89. The van der Waals surface area contributed by atoms with Crippen molar-refractivity contribution < 1.29 is 56.8 Å². The summed E-state index contributed by atoms with van der Waals surface area (Å²) in [6.45, 7) is 12.4. The lowest BCUT2D eigenvalue weighted by atomic mass is 10.1. The Labute approximate surface area is 399 Å². The highest BCUT2D eigenvalue weighted by Gasteiger charge is 2.44. The fraction of sp³-hybridized carbons (Fsp3) is 0.435. The van der Waals surface area contributed by atoms with Gasteiger partial charge in [-0.3, -0.25) is 24.8 Å². The van der Waals surface area contributed by atoms with E-state index < -0.39 is 69.0 Å². The number of carbonyl (C=O) groups excluding carboxylic acids is 3. The van der Waals surface area contributed by atoms with E-state index in [4.69, 9.17) is 37.5 Å². The normalized spacial score (nSPS) is 19.0. The molecule has 4 heterocycles. The second-order valence-corrected chi connectivity index (χ2v) is 18.2. The molecule has 7 rings (SSSR count). The van der Waals surface area contributed by atoms with Gasteiger partial charge >= 0.3 is 12.2 Å². The van der Waals surface area contributed by atoms with E-state index in [1.807, 2.05) is 44.5 Å². The van der Waals surface area contributed by atoms with Crippen LogP contribution in [0.15, 0.2) is 84.1 Å². The maximum atomic E-state index is 14.2. The molecule has 2 amide bonds. The van der Waals surface area contributed by atoms with Crippen LogP contribution in [0.1, 0.15) is 91.1 Å². The lowest BCUT2D eigenvalue weighted by Crippen LogP contribution is -2.41. The van der Waals surface area contributed by atoms with Crippen LogP contribution >= 0.6 is 8.53 Å². The topological polar surface area (TPSA) is 253 Å². The predicted molar refractivity (Wildman–Crippen MR) is 249 cm³/mol. The number of aliphatic imine (C=N–C) groups is 1. The minimum Gasteiger partial charge on any atom is -0.454 e. The summed E-state index contributed by atoms with van der Waals surface area (Å²) in [4.78, 5) is 62.7. The predicted octanol–water partition coefficient (Wildman–Crippen LogP) is 8.91. The number of amides is 2. The molecule has 69 heavy (non-hydrogen) atoms. The lowest BCUT2D eigenvalue weighted by Gasteiger charge is -2.37. The van der Waals surface area contributed by atoms with E-state index in [-0.39, 0.29) is 84.5 Å². The number of nitrogens with one attached hydrogen (secondary N) is 2. The third-order valence-electron chi connectivity index (χ3n) is 10.9. The first-order chi connectivity index (χ1) is 33.1. The molecule has 3 unspecified atom stereocenters. The number of nitro benzene ring substituents is 1. The van der Waals surface area contributed by atoms with Gasteiger partial charge in [-0.15, -0.1) is 0 Å². The van der Waals surface area contributed by atoms with E-state index in [0.717, 1.165) is 0 Å². The number of imidazole rings is 1. The van der Waals surface area contributed by atoms with E-state index in [0.29, 0.717) is 11.4 Å². The van der Waals surface area contributed by atoms with Crippen molar-refractivity contribution in [3.63, 3.8) is 0 Å². The first-order valence-corrected chi connectivity index (χ1v) is 23.4. The first-order valence-electron chi connectivity index (χ1n) is 22.3. The average molecular weight is 972 g/mol. The molecule has 2 N–H and O–H groups in total. The van der Waals surface area contributed by atoms with E-state index in [1.54, 1.807) is 66.9 Å². The van der Waals surface area contributed by atoms with Gasteiger partial charge in [-0.1, -0.05) is 50.2 Å². The Bertz CT molecular complexity index is 2490. The smallest absolute Gasteiger partial charge is 0.454 e. The number of hydrogen-bond donors (Lipinski definition) is 2. The molecule has 0 aliphatic carbocycles. The SMILES string of the molecule is CC(C)C(=O)NC1=NC(OC(=O)N(c2ccccc2)c2ccccc2)c2ncn([C@H]3C[C@H](OP(OCCC#N)N(C(C)C)C(C)C)[C@@H](COC(=O)OC(C)c4cc5c(cc4[N+](=O)[O-])OCO5)O3)c2N1. The van der Waals surface area contributed by atoms with Crippen LogP contribution in [0.5, 0.6) is 11.5 Å². The molecule has 0 bridgehead atoms. The van der Waals surface area contributed by atoms with Crippen molar-refractivity contribution in [1.82, 2.24) is 19.5 Å². The van der Waals surface area contributed by atoms with Crippen molar-refractivity contribution in [2.24, 2.45) is 10.9 Å². The number of fused-ring (bicyclic) bond motifs is 2. The number of ether oxygens (including phenoxy) is 6. The van der Waals surface area contributed by atoms with Crippen molar-refractivity contribution >= 4 is 55.5 Å². The van der Waals surface area contributed by atoms with Gasteiger partial charge < -0.3 is 42.8 Å². The molecular weight excluding hydrogens is 918 g/mol. The van der Waals surface area contributed by atoms with Gasteiger partial charge in [0.25, 0.3) is 14.2 Å². The highest BCUT2D eigenvalue weighted by atomic mass is 31.2. The number of carbonyl (C=O) groups is 3. The van der Waals surface area contributed by atoms with Gasteiger partial charge in [-0.05, 0) is 65.0 Å². The van der Waals surface area contributed by atoms with Gasteiger partial charge in [0.15, 0.2) is 11.5 Å². The molecule has 4 aromatic rings. The summed E-state index contributed by atoms with van der Waals surface area (Å²) in [5.74, 6) is -0.0907. The van der Waals surface area contributed by atoms with Gasteiger partial charge in [0.05, 0.1) is 59.5 Å². The summed E-state index contributed by atoms with van der Waals surface area (Å²) >= 11 is 0. The minimum atomic E-state index is -1.83. The average Bonchev–Trinajstić information content (AvgIpc) is 4.07. The zero-order valence-corrected chi connectivity index (χ0v) is 39.9. The first kappa shape index (κ1) is 50.0. The summed E-state index contributed by atoms with van der Waals surface area (Å²) in [5, 5.41) is 27.2. The van der Waals surface area contributed by atoms with Crippen molar-refractivity contribution in [3.05, 3.63) is 100 Å². The number of para-hydroxylation sites is 2. The van der Waals surface area contributed by atoms with Gasteiger partial charge in [-0.25, -0.2) is 29.1 Å². The highest BCUT2D eigenvalue weighted by Crippen LogP contribution is 2.51. The van der Waals surface area contributed by atoms with Crippen LogP contribution in [0.25, 0.3) is 0 Å². The van der Waals surface area contributed by atoms with Crippen LogP contribution in [0.3, 0.4) is 0 Å². The van der Waals surface area contributed by atoms with Crippen molar-refractivity contribution in [1.29, 1.82) is 5.26 Å². The Morgan fingerprint density at radius 1 is 1.00 bits per heavy atom. The second-order valence-electron chi connectivity index (χ2n) is 16.8. The van der Waals surface area contributed by atoms with Crippen LogP contribution < -0.4 is 25.0 Å². The van der Waals surface area contributed by atoms with E-state index in [9.17, 15) is 29.8 Å². The van der Waals surface area contributed by atoms with E-state index >= 15 is 0 Å². The number of anilines is 3. The number of nitro groups is 1. The Morgan fingerprint density at radius 3 is 2.26 bits per heavy atom. The van der Waals surface area contributed by atoms with Crippen LogP contribution in [-0.2, 0) is 32.8 Å². The molecule has 0 saturated carbocycles. The fourth-order valence-electron chi connectivity index (χ4n) is 7.66. The summed E-state index contributed by atoms with van der Waals surface area (Å²) in [5.41, 5.74) is 0.972. The molecule has 3 aromatic carbocycles. The van der Waals surface area contributed by atoms with Gasteiger partial charge in [0.1, 0.15) is 36.6 Å². The molecule has 0 spiro atoms. The standard InChI is InChI=1S/C46H54N9O13P/c1-27(2)42(56)50-44-49-41-40(43(51-44)67-45(57)53(31-15-10-8-11-16-31)32-17-12-9-13-18-32)48-25-52(41)39-23-37(68-69(64-20-14-19-47)54(28(3)4)29(5)6)38(66-39)24-61-46(58)65-30(7)33-21-35-36(63-26-62-35)22-34(33)55(59)60/h8-13,15-18,21-22,25,27-30,37-39,43H,14,20,23-24,26H2,1-7H3,(H2,49,50,51,56)/t30?,37-,38+,39+,43?,69?/m0/s1. The van der Waals surface area contributed by atoms with Crippen LogP contribution in [0.4, 0.5) is 32.5 Å². The molecular formula is C46H54N9O13P. The second kappa shape index (κ2) is 22.5. The van der Waals surface area contributed by atoms with Crippen molar-refractivity contribution in [2.75, 3.05) is 30.2 Å². The Morgan fingerprint density at radius 2 is 1.65 bits per heavy atom. The molecule has 22 nitrogen and oxygen atoms in total. The Balaban J connectivity index is 1.17. The molecule has 23 heteroatoms. The largest absolute Gasteiger partial charge is 0.508 e. The quantitative estimate of drug-likeness (QED) is 0.0310. The number of nitriles is 1. The van der Waals surface area contributed by atoms with Gasteiger partial charge in [0.2, 0.25) is 24.9 Å². The maximum Gasteiger partial charge on any atom is 0.508 e. The number of aromatic nitrogens is 2. The molecule has 1 fully saturated rings. The zero-order chi connectivity index (χ0) is 49.4. The number of benzene rings is 3. The fourth-order valence-corrected chi connectivity index (χ4v) is 9.42. The summed E-state index contributed by atoms with van der Waals surface area (Å²) in [7, 11) is -1.83. The lowest BCUT2D eigenvalue weighted by molar-refractivity contribution is -0.386. The number of nitrogens with zero attached hydrogens (tertiary/aromatic N) is 7. The van der Waals surface area contributed by atoms with Crippen molar-refractivity contribution in [2.45, 2.75) is 104 Å². The van der Waals surface area contributed by atoms with Gasteiger partial charge in [-0.2, -0.15) is 5.26 Å². The van der Waals surface area contributed by atoms with Gasteiger partial charge in [0, 0.05) is 24.4 Å².